The van der Waals surface area contributed by atoms with Crippen molar-refractivity contribution in [2.24, 2.45) is 0 Å². The first-order chi connectivity index (χ1) is 9.95. The number of aliphatic carboxylic acids is 1. The molecule has 2 aromatic rings. The predicted molar refractivity (Wildman–Crippen MR) is 89.0 cm³/mol. The van der Waals surface area contributed by atoms with Crippen LogP contribution in [0.4, 0.5) is 5.69 Å². The van der Waals surface area contributed by atoms with Crippen LogP contribution < -0.4 is 4.90 Å². The highest BCUT2D eigenvalue weighted by molar-refractivity contribution is 7.12. The smallest absolute Gasteiger partial charge is 0.328 e. The molecule has 0 amide bonds. The Labute approximate surface area is 129 Å². The standard InChI is InChI=1S/C17H19NO2S/c1-12-4-8-16(13(2)10-12)18(3)11-15-6-5-14(21-15)7-9-17(19)20/h4-10H,11H2,1-3H3,(H,19,20). The number of carboxylic acids is 1. The summed E-state index contributed by atoms with van der Waals surface area (Å²) in [6.07, 6.45) is 2.80. The van der Waals surface area contributed by atoms with Crippen molar-refractivity contribution in [3.8, 4) is 0 Å². The van der Waals surface area contributed by atoms with Crippen molar-refractivity contribution in [1.29, 1.82) is 0 Å². The van der Waals surface area contributed by atoms with Gasteiger partial charge < -0.3 is 10.0 Å². The van der Waals surface area contributed by atoms with E-state index in [1.807, 2.05) is 12.1 Å². The Kier molecular flexibility index (Phi) is 4.81. The molecule has 0 atom stereocenters. The van der Waals surface area contributed by atoms with E-state index in [-0.39, 0.29) is 0 Å². The summed E-state index contributed by atoms with van der Waals surface area (Å²) in [4.78, 5) is 14.9. The van der Waals surface area contributed by atoms with Gasteiger partial charge in [-0.25, -0.2) is 4.79 Å². The quantitative estimate of drug-likeness (QED) is 0.845. The van der Waals surface area contributed by atoms with Gasteiger partial charge in [-0.3, -0.25) is 0 Å². The predicted octanol–water partition coefficient (Wildman–Crippen LogP) is 4.10. The maximum atomic E-state index is 10.5. The zero-order valence-electron chi connectivity index (χ0n) is 12.5. The van der Waals surface area contributed by atoms with Crippen molar-refractivity contribution in [2.45, 2.75) is 20.4 Å². The van der Waals surface area contributed by atoms with Crippen molar-refractivity contribution < 1.29 is 9.90 Å². The lowest BCUT2D eigenvalue weighted by Crippen LogP contribution is -2.16. The molecule has 110 valence electrons. The number of carboxylic acid groups (broad SMARTS) is 1. The Morgan fingerprint density at radius 1 is 1.29 bits per heavy atom. The van der Waals surface area contributed by atoms with Gasteiger partial charge in [0.25, 0.3) is 0 Å². The molecule has 3 nitrogen and oxygen atoms in total. The van der Waals surface area contributed by atoms with Gasteiger partial charge >= 0.3 is 5.97 Å². The Bertz CT molecular complexity index is 673. The topological polar surface area (TPSA) is 40.5 Å². The summed E-state index contributed by atoms with van der Waals surface area (Å²) in [5.74, 6) is -0.919. The summed E-state index contributed by atoms with van der Waals surface area (Å²) in [6, 6.07) is 10.4. The lowest BCUT2D eigenvalue weighted by molar-refractivity contribution is -0.131. The largest absolute Gasteiger partial charge is 0.478 e. The monoisotopic (exact) mass is 301 g/mol. The lowest BCUT2D eigenvalue weighted by atomic mass is 10.1. The van der Waals surface area contributed by atoms with Crippen LogP contribution in [0.5, 0.6) is 0 Å². The van der Waals surface area contributed by atoms with Crippen LogP contribution in [-0.2, 0) is 11.3 Å². The van der Waals surface area contributed by atoms with E-state index >= 15 is 0 Å². The Balaban J connectivity index is 2.09. The van der Waals surface area contributed by atoms with E-state index in [0.29, 0.717) is 0 Å². The number of rotatable bonds is 5. The summed E-state index contributed by atoms with van der Waals surface area (Å²) in [5, 5.41) is 8.64. The van der Waals surface area contributed by atoms with E-state index in [1.165, 1.54) is 27.8 Å². The molecule has 0 bridgehead atoms. The second-order valence-electron chi connectivity index (χ2n) is 5.12. The second-order valence-corrected chi connectivity index (χ2v) is 6.32. The fourth-order valence-corrected chi connectivity index (χ4v) is 3.24. The third-order valence-electron chi connectivity index (χ3n) is 3.23. The molecule has 21 heavy (non-hydrogen) atoms. The molecule has 2 rings (SSSR count). The van der Waals surface area contributed by atoms with Crippen LogP contribution in [0, 0.1) is 13.8 Å². The highest BCUT2D eigenvalue weighted by Gasteiger charge is 2.07. The van der Waals surface area contributed by atoms with Crippen LogP contribution >= 0.6 is 11.3 Å². The summed E-state index contributed by atoms with van der Waals surface area (Å²) in [5.41, 5.74) is 3.75. The van der Waals surface area contributed by atoms with Crippen molar-refractivity contribution in [2.75, 3.05) is 11.9 Å². The molecule has 1 aromatic carbocycles. The maximum absolute atomic E-state index is 10.5. The molecular formula is C17H19NO2S. The van der Waals surface area contributed by atoms with E-state index in [4.69, 9.17) is 5.11 Å². The van der Waals surface area contributed by atoms with E-state index in [1.54, 1.807) is 17.4 Å². The Morgan fingerprint density at radius 2 is 2.05 bits per heavy atom. The van der Waals surface area contributed by atoms with Gasteiger partial charge in [0, 0.05) is 28.6 Å². The van der Waals surface area contributed by atoms with Crippen LogP contribution in [0.25, 0.3) is 6.08 Å². The van der Waals surface area contributed by atoms with Gasteiger partial charge in [-0.15, -0.1) is 11.3 Å². The fraction of sp³-hybridized carbons (Fsp3) is 0.235. The average Bonchev–Trinajstić information content (AvgIpc) is 2.83. The zero-order valence-corrected chi connectivity index (χ0v) is 13.3. The molecule has 0 unspecified atom stereocenters. The SMILES string of the molecule is Cc1ccc(N(C)Cc2ccc(C=CC(=O)O)s2)c(C)c1. The van der Waals surface area contributed by atoms with Crippen LogP contribution in [0.3, 0.4) is 0 Å². The van der Waals surface area contributed by atoms with E-state index in [2.05, 4.69) is 44.0 Å². The Morgan fingerprint density at radius 3 is 2.71 bits per heavy atom. The number of thiophene rings is 1. The lowest BCUT2D eigenvalue weighted by Gasteiger charge is -2.21. The molecule has 0 spiro atoms. The Hall–Kier alpha value is -2.07. The van der Waals surface area contributed by atoms with Gasteiger partial charge in [0.15, 0.2) is 0 Å². The molecule has 0 aliphatic carbocycles. The van der Waals surface area contributed by atoms with Crippen molar-refractivity contribution in [3.63, 3.8) is 0 Å². The fourth-order valence-electron chi connectivity index (χ4n) is 2.28. The van der Waals surface area contributed by atoms with E-state index in [9.17, 15) is 4.79 Å². The molecule has 1 N–H and O–H groups in total. The molecule has 0 radical (unpaired) electrons. The second kappa shape index (κ2) is 6.59. The average molecular weight is 301 g/mol. The third kappa shape index (κ3) is 4.20. The summed E-state index contributed by atoms with van der Waals surface area (Å²) in [6.45, 7) is 5.03. The number of aryl methyl sites for hydroxylation is 2. The van der Waals surface area contributed by atoms with Gasteiger partial charge in [-0.05, 0) is 43.7 Å². The highest BCUT2D eigenvalue weighted by Crippen LogP contribution is 2.25. The first kappa shape index (κ1) is 15.3. The van der Waals surface area contributed by atoms with Crippen molar-refractivity contribution >= 4 is 29.1 Å². The molecule has 0 aliphatic rings. The van der Waals surface area contributed by atoms with Crippen LogP contribution in [-0.4, -0.2) is 18.1 Å². The number of hydrogen-bond donors (Lipinski definition) is 1. The minimum absolute atomic E-state index is 0.815. The number of nitrogens with zero attached hydrogens (tertiary/aromatic N) is 1. The molecule has 0 aliphatic heterocycles. The van der Waals surface area contributed by atoms with Crippen LogP contribution in [0.2, 0.25) is 0 Å². The summed E-state index contributed by atoms with van der Waals surface area (Å²) >= 11 is 1.62. The van der Waals surface area contributed by atoms with Crippen molar-refractivity contribution in [3.05, 3.63) is 57.3 Å². The molecule has 4 heteroatoms. The van der Waals surface area contributed by atoms with E-state index in [0.717, 1.165) is 11.4 Å². The minimum Gasteiger partial charge on any atom is -0.478 e. The molecule has 1 heterocycles. The first-order valence-electron chi connectivity index (χ1n) is 6.74. The number of anilines is 1. The number of carbonyl (C=O) groups is 1. The van der Waals surface area contributed by atoms with Gasteiger partial charge in [0.05, 0.1) is 6.54 Å². The number of hydrogen-bond acceptors (Lipinski definition) is 3. The van der Waals surface area contributed by atoms with Gasteiger partial charge in [0.2, 0.25) is 0 Å². The molecular weight excluding hydrogens is 282 g/mol. The molecule has 0 saturated heterocycles. The van der Waals surface area contributed by atoms with Gasteiger partial charge in [0.1, 0.15) is 0 Å². The minimum atomic E-state index is -0.919. The third-order valence-corrected chi connectivity index (χ3v) is 4.26. The summed E-state index contributed by atoms with van der Waals surface area (Å²) in [7, 11) is 2.07. The molecule has 0 saturated carbocycles. The number of benzene rings is 1. The van der Waals surface area contributed by atoms with Crippen molar-refractivity contribution in [1.82, 2.24) is 0 Å². The van der Waals surface area contributed by atoms with Crippen LogP contribution in [0.15, 0.2) is 36.4 Å². The summed E-state index contributed by atoms with van der Waals surface area (Å²) < 4.78 is 0. The van der Waals surface area contributed by atoms with Gasteiger partial charge in [-0.2, -0.15) is 0 Å². The highest BCUT2D eigenvalue weighted by atomic mass is 32.1. The molecule has 1 aromatic heterocycles. The van der Waals surface area contributed by atoms with E-state index < -0.39 is 5.97 Å². The molecule has 0 fully saturated rings. The zero-order chi connectivity index (χ0) is 15.4. The first-order valence-corrected chi connectivity index (χ1v) is 7.55. The van der Waals surface area contributed by atoms with Gasteiger partial charge in [-0.1, -0.05) is 17.7 Å². The normalized spacial score (nSPS) is 11.0. The van der Waals surface area contributed by atoms with Crippen LogP contribution in [0.1, 0.15) is 20.9 Å². The maximum Gasteiger partial charge on any atom is 0.328 e.